The fraction of sp³-hybridized carbons (Fsp3) is 0.393. The number of nitrogens with zero attached hydrogens (tertiary/aromatic N) is 3. The number of nitrogens with one attached hydrogen (secondary N) is 2. The molecule has 9 nitrogen and oxygen atoms in total. The number of carbonyl (C=O) groups excluding carboxylic acids is 1. The summed E-state index contributed by atoms with van der Waals surface area (Å²) in [5.41, 5.74) is 5.21. The summed E-state index contributed by atoms with van der Waals surface area (Å²) in [7, 11) is 3.28. The maximum atomic E-state index is 11.3. The molecule has 3 heterocycles. The molecule has 0 saturated carbocycles. The van der Waals surface area contributed by atoms with Gasteiger partial charge < -0.3 is 24.2 Å². The molecule has 1 atom stereocenters. The van der Waals surface area contributed by atoms with Gasteiger partial charge in [-0.2, -0.15) is 0 Å². The van der Waals surface area contributed by atoms with E-state index in [1.165, 1.54) is 5.56 Å². The minimum absolute atomic E-state index is 0.00197. The summed E-state index contributed by atoms with van der Waals surface area (Å²) >= 11 is 0. The van der Waals surface area contributed by atoms with Gasteiger partial charge in [-0.05, 0) is 54.3 Å². The summed E-state index contributed by atoms with van der Waals surface area (Å²) in [6, 6.07) is 12.3. The zero-order valence-corrected chi connectivity index (χ0v) is 21.9. The first-order valence-electron chi connectivity index (χ1n) is 12.6. The number of aromatic amines is 1. The molecule has 1 saturated heterocycles. The smallest absolute Gasteiger partial charge is 0.247 e. The molecule has 0 unspecified atom stereocenters. The summed E-state index contributed by atoms with van der Waals surface area (Å²) in [6.45, 7) is 8.16. The van der Waals surface area contributed by atoms with Gasteiger partial charge in [0.15, 0.2) is 11.5 Å². The Morgan fingerprint density at radius 2 is 1.92 bits per heavy atom. The Balaban J connectivity index is 1.43. The van der Waals surface area contributed by atoms with Gasteiger partial charge in [-0.3, -0.25) is 9.69 Å². The highest BCUT2D eigenvalue weighted by Gasteiger charge is 2.25. The molecular formula is C28H33N5O4. The Hall–Kier alpha value is -3.85. The van der Waals surface area contributed by atoms with E-state index < -0.39 is 0 Å². The quantitative estimate of drug-likeness (QED) is 0.358. The van der Waals surface area contributed by atoms with Crippen molar-refractivity contribution in [2.45, 2.75) is 45.7 Å². The van der Waals surface area contributed by atoms with Crippen molar-refractivity contribution in [1.29, 1.82) is 0 Å². The summed E-state index contributed by atoms with van der Waals surface area (Å²) in [5, 5.41) is 12.7. The molecule has 1 fully saturated rings. The van der Waals surface area contributed by atoms with E-state index >= 15 is 0 Å². The molecule has 1 aliphatic rings. The summed E-state index contributed by atoms with van der Waals surface area (Å²) in [4.78, 5) is 17.2. The van der Waals surface area contributed by atoms with Gasteiger partial charge in [0.05, 0.1) is 26.5 Å². The number of rotatable bonds is 8. The van der Waals surface area contributed by atoms with Crippen molar-refractivity contribution in [2.24, 2.45) is 0 Å². The molecule has 0 aliphatic carbocycles. The third kappa shape index (κ3) is 5.04. The lowest BCUT2D eigenvalue weighted by Crippen LogP contribution is -2.35. The van der Waals surface area contributed by atoms with Crippen molar-refractivity contribution in [3.05, 3.63) is 47.9 Å². The van der Waals surface area contributed by atoms with Crippen LogP contribution in [0.5, 0.6) is 11.5 Å². The van der Waals surface area contributed by atoms with Crippen LogP contribution < -0.4 is 14.8 Å². The average Bonchev–Trinajstić information content (AvgIpc) is 3.61. The maximum Gasteiger partial charge on any atom is 0.247 e. The average molecular weight is 504 g/mol. The molecular weight excluding hydrogens is 470 g/mol. The number of ether oxygens (including phenoxy) is 2. The molecule has 0 spiro atoms. The number of fused-ring (bicyclic) bond motifs is 1. The number of methoxy groups -OCH3 is 2. The summed E-state index contributed by atoms with van der Waals surface area (Å²) in [5.74, 6) is 2.73. The minimum Gasteiger partial charge on any atom is -0.493 e. The van der Waals surface area contributed by atoms with Gasteiger partial charge in [-0.1, -0.05) is 13.8 Å². The van der Waals surface area contributed by atoms with E-state index in [1.54, 1.807) is 21.1 Å². The second-order valence-corrected chi connectivity index (χ2v) is 9.82. The lowest BCUT2D eigenvalue weighted by molar-refractivity contribution is -0.119. The van der Waals surface area contributed by atoms with Crippen molar-refractivity contribution in [1.82, 2.24) is 25.4 Å². The van der Waals surface area contributed by atoms with E-state index in [4.69, 9.17) is 13.9 Å². The number of hydrogen-bond donors (Lipinski definition) is 2. The second-order valence-electron chi connectivity index (χ2n) is 9.82. The number of aromatic nitrogens is 3. The van der Waals surface area contributed by atoms with Gasteiger partial charge in [-0.25, -0.2) is 0 Å². The highest BCUT2D eigenvalue weighted by Crippen LogP contribution is 2.40. The standard InChI is InChI=1S/C28H33N5O4/c1-16(2)26-21-12-19(28-32-31-25(37-28)15-33-11-10-20(14-33)29-17(3)34)6-8-22(21)30-27(26)18-7-9-23(35-4)24(13-18)36-5/h6-9,12-13,16,20,30H,10-11,14-15H2,1-5H3,(H,29,34)/t20-/m0/s1. The van der Waals surface area contributed by atoms with Crippen molar-refractivity contribution in [3.8, 4) is 34.2 Å². The second kappa shape index (κ2) is 10.3. The van der Waals surface area contributed by atoms with Gasteiger partial charge >= 0.3 is 0 Å². The molecule has 0 bridgehead atoms. The predicted octanol–water partition coefficient (Wildman–Crippen LogP) is 4.74. The van der Waals surface area contributed by atoms with Crippen LogP contribution in [0.1, 0.15) is 44.6 Å². The van der Waals surface area contributed by atoms with Gasteiger partial charge in [0.25, 0.3) is 0 Å². The van der Waals surface area contributed by atoms with E-state index in [0.717, 1.165) is 47.2 Å². The Morgan fingerprint density at radius 1 is 1.14 bits per heavy atom. The minimum atomic E-state index is 0.00197. The van der Waals surface area contributed by atoms with Crippen molar-refractivity contribution < 1.29 is 18.7 Å². The highest BCUT2D eigenvalue weighted by atomic mass is 16.5. The molecule has 0 radical (unpaired) electrons. The molecule has 9 heteroatoms. The van der Waals surface area contributed by atoms with Crippen molar-refractivity contribution in [3.63, 3.8) is 0 Å². The van der Waals surface area contributed by atoms with Crippen LogP contribution in [0.15, 0.2) is 40.8 Å². The van der Waals surface area contributed by atoms with E-state index in [2.05, 4.69) is 51.4 Å². The van der Waals surface area contributed by atoms with Crippen LogP contribution in [0.25, 0.3) is 33.6 Å². The molecule has 1 aliphatic heterocycles. The van der Waals surface area contributed by atoms with Crippen LogP contribution in [0.4, 0.5) is 0 Å². The summed E-state index contributed by atoms with van der Waals surface area (Å²) in [6.07, 6.45) is 0.922. The lowest BCUT2D eigenvalue weighted by atomic mass is 9.95. The van der Waals surface area contributed by atoms with Gasteiger partial charge in [0.1, 0.15) is 0 Å². The molecule has 2 aromatic carbocycles. The number of H-pyrrole nitrogens is 1. The Morgan fingerprint density at radius 3 is 2.65 bits per heavy atom. The fourth-order valence-electron chi connectivity index (χ4n) is 5.17. The molecule has 2 N–H and O–H groups in total. The van der Waals surface area contributed by atoms with Gasteiger partial charge in [0, 0.05) is 48.1 Å². The summed E-state index contributed by atoms with van der Waals surface area (Å²) < 4.78 is 17.0. The third-order valence-corrected chi connectivity index (χ3v) is 6.84. The number of likely N-dealkylation sites (tertiary alicyclic amines) is 1. The van der Waals surface area contributed by atoms with Crippen LogP contribution in [-0.2, 0) is 11.3 Å². The van der Waals surface area contributed by atoms with E-state index in [1.807, 2.05) is 24.3 Å². The largest absolute Gasteiger partial charge is 0.493 e. The van der Waals surface area contributed by atoms with Crippen LogP contribution in [0.2, 0.25) is 0 Å². The predicted molar refractivity (Wildman–Crippen MR) is 142 cm³/mol. The first-order chi connectivity index (χ1) is 17.9. The van der Waals surface area contributed by atoms with Crippen LogP contribution in [0.3, 0.4) is 0 Å². The van der Waals surface area contributed by atoms with E-state index in [-0.39, 0.29) is 17.9 Å². The normalized spacial score (nSPS) is 16.0. The molecule has 37 heavy (non-hydrogen) atoms. The number of amides is 1. The lowest BCUT2D eigenvalue weighted by Gasteiger charge is -2.13. The van der Waals surface area contributed by atoms with Gasteiger partial charge in [-0.15, -0.1) is 10.2 Å². The van der Waals surface area contributed by atoms with Crippen LogP contribution in [-0.4, -0.2) is 59.3 Å². The third-order valence-electron chi connectivity index (χ3n) is 6.84. The molecule has 2 aromatic heterocycles. The van der Waals surface area contributed by atoms with Crippen molar-refractivity contribution in [2.75, 3.05) is 27.3 Å². The zero-order chi connectivity index (χ0) is 26.1. The molecule has 5 rings (SSSR count). The Bertz CT molecular complexity index is 1420. The van der Waals surface area contributed by atoms with Crippen molar-refractivity contribution >= 4 is 16.8 Å². The van der Waals surface area contributed by atoms with E-state index in [9.17, 15) is 4.79 Å². The fourth-order valence-corrected chi connectivity index (χ4v) is 5.17. The molecule has 4 aromatic rings. The maximum absolute atomic E-state index is 11.3. The van der Waals surface area contributed by atoms with E-state index in [0.29, 0.717) is 29.8 Å². The zero-order valence-electron chi connectivity index (χ0n) is 21.9. The number of carbonyl (C=O) groups is 1. The Kier molecular flexibility index (Phi) is 6.88. The topological polar surface area (TPSA) is 106 Å². The van der Waals surface area contributed by atoms with Crippen LogP contribution >= 0.6 is 0 Å². The number of hydrogen-bond acceptors (Lipinski definition) is 7. The first-order valence-corrected chi connectivity index (χ1v) is 12.6. The SMILES string of the molecule is COc1ccc(-c2[nH]c3ccc(-c4nnc(CN5CC[C@H](NC(C)=O)C5)o4)cc3c2C(C)C)cc1OC. The van der Waals surface area contributed by atoms with Gasteiger partial charge in [0.2, 0.25) is 17.7 Å². The highest BCUT2D eigenvalue weighted by molar-refractivity contribution is 5.94. The Labute approximate surface area is 216 Å². The monoisotopic (exact) mass is 503 g/mol. The molecule has 1 amide bonds. The van der Waals surface area contributed by atoms with Crippen LogP contribution in [0, 0.1) is 0 Å². The first kappa shape index (κ1) is 24.8. The molecule has 194 valence electrons. The number of benzene rings is 2.